The molecule has 5 rings (SSSR count). The molecular weight excluding hydrogens is 463 g/mol. The van der Waals surface area contributed by atoms with Crippen LogP contribution in [0.1, 0.15) is 54.4 Å². The smallest absolute Gasteiger partial charge is 0.242 e. The number of aromatic nitrogens is 2. The first kappa shape index (κ1) is 24.9. The number of aromatic hydroxyl groups is 1. The van der Waals surface area contributed by atoms with E-state index in [0.717, 1.165) is 47.5 Å². The number of halogens is 1. The van der Waals surface area contributed by atoms with Crippen LogP contribution in [-0.2, 0) is 11.2 Å². The number of aliphatic hydroxyl groups is 1. The normalized spacial score (nSPS) is 28.7. The Bertz CT molecular complexity index is 1130. The molecule has 2 aliphatic heterocycles. The standard InChI is InChI=1S/C26H35FN6O3/c1-3-14-10-16(35)4-5-17(14)18-6-7-19-23(22(18)27)31-32-24(19)25-29-11-20(30-25)15-8-9-33(12-15)26(36)21(13-34)28-2/h4-5,8,10-11,18-19,21-24,28,31-32,34-35H,3,6-7,9,12-13H2,1-2H3,(H,29,30)/t18?,19?,21-,22?,23?,24?/m0/s1. The summed E-state index contributed by atoms with van der Waals surface area (Å²) >= 11 is 0. The summed E-state index contributed by atoms with van der Waals surface area (Å²) in [6, 6.07) is 4.17. The SMILES string of the molecule is CCc1cc(O)ccc1C1CCC2C(c3ncc(C4=CCN(C(=O)[C@H](CO)NC)C4)[nH]3)NNC2C1F. The zero-order valence-corrected chi connectivity index (χ0v) is 20.7. The second-order valence-electron chi connectivity index (χ2n) is 9.97. The van der Waals surface area contributed by atoms with Crippen LogP contribution >= 0.6 is 0 Å². The Morgan fingerprint density at radius 1 is 1.33 bits per heavy atom. The number of H-pyrrole nitrogens is 1. The van der Waals surface area contributed by atoms with Gasteiger partial charge in [-0.05, 0) is 55.1 Å². The minimum atomic E-state index is -1.06. The van der Waals surface area contributed by atoms with Crippen LogP contribution in [0.2, 0.25) is 0 Å². The van der Waals surface area contributed by atoms with Crippen molar-refractivity contribution in [3.8, 4) is 5.75 Å². The lowest BCUT2D eigenvalue weighted by atomic mass is 9.71. The van der Waals surface area contributed by atoms with Gasteiger partial charge in [0.15, 0.2) is 0 Å². The second-order valence-corrected chi connectivity index (χ2v) is 9.97. The van der Waals surface area contributed by atoms with Gasteiger partial charge in [-0.15, -0.1) is 0 Å². The molecule has 3 heterocycles. The summed E-state index contributed by atoms with van der Waals surface area (Å²) in [4.78, 5) is 22.2. The Balaban J connectivity index is 1.26. The van der Waals surface area contributed by atoms with E-state index in [0.29, 0.717) is 13.1 Å². The van der Waals surface area contributed by atoms with Crippen LogP contribution in [0, 0.1) is 5.92 Å². The van der Waals surface area contributed by atoms with Gasteiger partial charge in [-0.1, -0.05) is 19.1 Å². The third-order valence-corrected chi connectivity index (χ3v) is 8.04. The number of benzene rings is 1. The Kier molecular flexibility index (Phi) is 7.11. The molecule has 36 heavy (non-hydrogen) atoms. The highest BCUT2D eigenvalue weighted by molar-refractivity contribution is 5.85. The Morgan fingerprint density at radius 2 is 2.17 bits per heavy atom. The van der Waals surface area contributed by atoms with Crippen LogP contribution in [0.25, 0.3) is 5.57 Å². The number of carbonyl (C=O) groups excluding carboxylic acids is 1. The van der Waals surface area contributed by atoms with Crippen molar-refractivity contribution in [3.05, 3.63) is 53.1 Å². The summed E-state index contributed by atoms with van der Waals surface area (Å²) in [5.74, 6) is 0.669. The first-order valence-electron chi connectivity index (χ1n) is 12.7. The van der Waals surface area contributed by atoms with Crippen molar-refractivity contribution in [3.63, 3.8) is 0 Å². The third-order valence-electron chi connectivity index (χ3n) is 8.04. The highest BCUT2D eigenvalue weighted by atomic mass is 19.1. The van der Waals surface area contributed by atoms with E-state index in [4.69, 9.17) is 0 Å². The van der Waals surface area contributed by atoms with Gasteiger partial charge in [0.2, 0.25) is 5.91 Å². The van der Waals surface area contributed by atoms with Crippen LogP contribution in [0.4, 0.5) is 4.39 Å². The minimum absolute atomic E-state index is 0.0500. The highest BCUT2D eigenvalue weighted by Crippen LogP contribution is 2.45. The molecule has 2 aromatic rings. The van der Waals surface area contributed by atoms with Crippen molar-refractivity contribution in [2.75, 3.05) is 26.7 Å². The number of rotatable bonds is 7. The molecule has 6 atom stereocenters. The highest BCUT2D eigenvalue weighted by Gasteiger charge is 2.48. The second kappa shape index (κ2) is 10.3. The topological polar surface area (TPSA) is 126 Å². The molecule has 10 heteroatoms. The number of phenols is 1. The molecule has 3 aliphatic rings. The van der Waals surface area contributed by atoms with E-state index in [2.05, 4.69) is 26.1 Å². The molecule has 1 aromatic carbocycles. The minimum Gasteiger partial charge on any atom is -0.508 e. The molecule has 1 amide bonds. The number of likely N-dealkylation sites (N-methyl/N-ethyl adjacent to an activating group) is 1. The maximum Gasteiger partial charge on any atom is 0.242 e. The van der Waals surface area contributed by atoms with Gasteiger partial charge in [0.25, 0.3) is 0 Å². The maximum absolute atomic E-state index is 15.8. The average molecular weight is 499 g/mol. The summed E-state index contributed by atoms with van der Waals surface area (Å²) in [7, 11) is 1.66. The predicted octanol–water partition coefficient (Wildman–Crippen LogP) is 1.53. The van der Waals surface area contributed by atoms with E-state index < -0.39 is 12.2 Å². The fraction of sp³-hybridized carbons (Fsp3) is 0.538. The number of fused-ring (bicyclic) bond motifs is 1. The molecule has 0 radical (unpaired) electrons. The summed E-state index contributed by atoms with van der Waals surface area (Å²) in [5.41, 5.74) is 10.3. The van der Waals surface area contributed by atoms with Gasteiger partial charge in [-0.3, -0.25) is 10.2 Å². The molecular formula is C26H35FN6O3. The number of aliphatic hydroxyl groups excluding tert-OH is 1. The lowest BCUT2D eigenvalue weighted by molar-refractivity contribution is -0.132. The first-order valence-corrected chi connectivity index (χ1v) is 12.7. The molecule has 5 unspecified atom stereocenters. The van der Waals surface area contributed by atoms with Crippen molar-refractivity contribution in [2.24, 2.45) is 5.92 Å². The summed E-state index contributed by atoms with van der Waals surface area (Å²) in [5, 5.41) is 22.1. The fourth-order valence-electron chi connectivity index (χ4n) is 6.00. The number of carbonyl (C=O) groups is 1. The fourth-order valence-corrected chi connectivity index (χ4v) is 6.00. The number of nitrogens with zero attached hydrogens (tertiary/aromatic N) is 2. The third kappa shape index (κ3) is 4.43. The number of amides is 1. The van der Waals surface area contributed by atoms with Crippen LogP contribution in [0.15, 0.2) is 30.5 Å². The summed E-state index contributed by atoms with van der Waals surface area (Å²) in [6.45, 7) is 2.71. The molecule has 9 nitrogen and oxygen atoms in total. The quantitative estimate of drug-likeness (QED) is 0.342. The van der Waals surface area contributed by atoms with Crippen LogP contribution < -0.4 is 16.2 Å². The van der Waals surface area contributed by atoms with Crippen LogP contribution in [0.5, 0.6) is 5.75 Å². The number of hydrogen-bond acceptors (Lipinski definition) is 7. The Labute approximate surface area is 210 Å². The van der Waals surface area contributed by atoms with Gasteiger partial charge in [0.05, 0.1) is 30.6 Å². The van der Waals surface area contributed by atoms with Crippen molar-refractivity contribution >= 4 is 11.5 Å². The van der Waals surface area contributed by atoms with Crippen molar-refractivity contribution in [1.29, 1.82) is 0 Å². The van der Waals surface area contributed by atoms with Crippen LogP contribution in [-0.4, -0.2) is 76.0 Å². The number of aryl methyl sites for hydroxylation is 1. The molecule has 6 N–H and O–H groups in total. The largest absolute Gasteiger partial charge is 0.508 e. The molecule has 1 aromatic heterocycles. The lowest BCUT2D eigenvalue weighted by Crippen LogP contribution is -2.46. The van der Waals surface area contributed by atoms with Gasteiger partial charge in [0.1, 0.15) is 23.8 Å². The predicted molar refractivity (Wildman–Crippen MR) is 134 cm³/mol. The lowest BCUT2D eigenvalue weighted by Gasteiger charge is -2.36. The molecule has 1 aliphatic carbocycles. The van der Waals surface area contributed by atoms with Crippen molar-refractivity contribution in [2.45, 2.75) is 56.4 Å². The number of imidazole rings is 1. The number of alkyl halides is 1. The van der Waals surface area contributed by atoms with Gasteiger partial charge >= 0.3 is 0 Å². The van der Waals surface area contributed by atoms with Gasteiger partial charge in [-0.25, -0.2) is 14.8 Å². The first-order chi connectivity index (χ1) is 17.4. The van der Waals surface area contributed by atoms with E-state index >= 15 is 4.39 Å². The van der Waals surface area contributed by atoms with Gasteiger partial charge in [-0.2, -0.15) is 0 Å². The Morgan fingerprint density at radius 3 is 2.92 bits per heavy atom. The molecule has 1 saturated carbocycles. The van der Waals surface area contributed by atoms with Crippen molar-refractivity contribution in [1.82, 2.24) is 31.0 Å². The summed E-state index contributed by atoms with van der Waals surface area (Å²) < 4.78 is 15.8. The monoisotopic (exact) mass is 498 g/mol. The number of hydrazine groups is 1. The number of hydrogen-bond donors (Lipinski definition) is 6. The molecule has 0 bridgehead atoms. The molecule has 194 valence electrons. The zero-order chi connectivity index (χ0) is 25.4. The molecule has 1 saturated heterocycles. The molecule has 2 fully saturated rings. The molecule has 0 spiro atoms. The Hall–Kier alpha value is -2.79. The zero-order valence-electron chi connectivity index (χ0n) is 20.7. The van der Waals surface area contributed by atoms with E-state index in [1.165, 1.54) is 0 Å². The van der Waals surface area contributed by atoms with Gasteiger partial charge < -0.3 is 25.4 Å². The van der Waals surface area contributed by atoms with E-state index in [1.54, 1.807) is 30.3 Å². The van der Waals surface area contributed by atoms with E-state index in [-0.39, 0.29) is 42.2 Å². The van der Waals surface area contributed by atoms with Crippen molar-refractivity contribution < 1.29 is 19.4 Å². The number of phenolic OH excluding ortho intramolecular Hbond substituents is 1. The van der Waals surface area contributed by atoms with Gasteiger partial charge in [0, 0.05) is 24.9 Å². The average Bonchev–Trinajstić information content (AvgIpc) is 3.64. The number of nitrogens with one attached hydrogen (secondary N) is 4. The number of aromatic amines is 1. The van der Waals surface area contributed by atoms with E-state index in [9.17, 15) is 15.0 Å². The van der Waals surface area contributed by atoms with E-state index in [1.807, 2.05) is 19.1 Å². The maximum atomic E-state index is 15.8. The van der Waals surface area contributed by atoms with Crippen LogP contribution in [0.3, 0.4) is 0 Å². The summed E-state index contributed by atoms with van der Waals surface area (Å²) in [6.07, 6.45) is 5.03.